The van der Waals surface area contributed by atoms with Crippen molar-refractivity contribution in [1.82, 2.24) is 0 Å². The predicted molar refractivity (Wildman–Crippen MR) is 94.2 cm³/mol. The molecule has 0 unspecified atom stereocenters. The molecule has 0 rings (SSSR count). The first-order valence-electron chi connectivity index (χ1n) is 8.94. The number of hydrogen-bond acceptors (Lipinski definition) is 4. The molecule has 23 heavy (non-hydrogen) atoms. The standard InChI is InChI=1S/C12H25.2C2H4O2.C2H5.Sn/c1-3-5-7-9-11-12-10-8-6-4-2;2*1-2(3)4;1-2;/h1,3-12H2,2H3;2*1H3,(H,3,4);1H2,2H3;/q;;;;+2/p-2. The van der Waals surface area contributed by atoms with E-state index >= 15 is 0 Å². The average Bonchev–Trinajstić information content (AvgIpc) is 2.43. The van der Waals surface area contributed by atoms with Gasteiger partial charge in [-0.3, -0.25) is 0 Å². The van der Waals surface area contributed by atoms with E-state index in [0.29, 0.717) is 0 Å². The summed E-state index contributed by atoms with van der Waals surface area (Å²) in [6, 6.07) is 0. The average molecular weight is 435 g/mol. The van der Waals surface area contributed by atoms with Crippen molar-refractivity contribution < 1.29 is 19.8 Å². The van der Waals surface area contributed by atoms with Crippen LogP contribution in [0.1, 0.15) is 91.9 Å². The first-order valence-corrected chi connectivity index (χ1v) is 13.0. The van der Waals surface area contributed by atoms with Gasteiger partial charge in [0, 0.05) is 11.9 Å². The number of carbonyl (C=O) groups excluding carboxylic acids is 2. The third-order valence-corrected chi connectivity index (χ3v) is 6.40. The summed E-state index contributed by atoms with van der Waals surface area (Å²) in [7, 11) is 0. The van der Waals surface area contributed by atoms with Crippen molar-refractivity contribution in [2.75, 3.05) is 0 Å². The minimum absolute atomic E-state index is 0.128. The molecule has 0 spiro atoms. The Hall–Kier alpha value is -0.261. The van der Waals surface area contributed by atoms with Crippen LogP contribution in [0, 0.1) is 0 Å². The van der Waals surface area contributed by atoms with Crippen LogP contribution in [0.25, 0.3) is 0 Å². The van der Waals surface area contributed by atoms with E-state index in [0.717, 1.165) is 13.8 Å². The van der Waals surface area contributed by atoms with Gasteiger partial charge in [0.2, 0.25) is 0 Å². The molecule has 0 atom stereocenters. The van der Waals surface area contributed by atoms with Gasteiger partial charge in [-0.15, -0.1) is 0 Å². The number of carbonyl (C=O) groups is 2. The van der Waals surface area contributed by atoms with E-state index in [2.05, 4.69) is 13.8 Å². The molecule has 4 nitrogen and oxygen atoms in total. The number of carboxylic acids is 2. The normalized spacial score (nSPS) is 8.87. The van der Waals surface area contributed by atoms with Crippen LogP contribution >= 0.6 is 0 Å². The van der Waals surface area contributed by atoms with Crippen molar-refractivity contribution >= 4 is 33.1 Å². The molecule has 0 saturated heterocycles. The van der Waals surface area contributed by atoms with Gasteiger partial charge >= 0.3 is 108 Å². The summed E-state index contributed by atoms with van der Waals surface area (Å²) in [5.74, 6) is -2.17. The topological polar surface area (TPSA) is 80.3 Å². The fourth-order valence-corrected chi connectivity index (χ4v) is 4.35. The summed E-state index contributed by atoms with van der Waals surface area (Å²) in [5, 5.41) is 17.8. The molecular weight excluding hydrogens is 399 g/mol. The molecule has 0 N–H and O–H groups in total. The van der Waals surface area contributed by atoms with E-state index in [1.165, 1.54) is 57.8 Å². The molecule has 0 amide bonds. The van der Waals surface area contributed by atoms with E-state index in [1.54, 1.807) is 15.3 Å². The zero-order valence-corrected chi connectivity index (χ0v) is 18.5. The van der Waals surface area contributed by atoms with E-state index in [4.69, 9.17) is 19.8 Å². The summed E-state index contributed by atoms with van der Waals surface area (Å²) in [6.45, 7) is 6.60. The van der Waals surface area contributed by atoms with Crippen molar-refractivity contribution in [3.8, 4) is 0 Å². The monoisotopic (exact) mass is 436 g/mol. The number of rotatable bonds is 12. The van der Waals surface area contributed by atoms with Crippen LogP contribution in [0.3, 0.4) is 0 Å². The van der Waals surface area contributed by atoms with E-state index in [9.17, 15) is 0 Å². The maximum atomic E-state index is 8.89. The SMILES string of the molecule is CC(=O)[O-].CC(=O)[O-].CCCCCCCCCCC[CH2][Sn+2][CH2]C. The van der Waals surface area contributed by atoms with E-state index < -0.39 is 11.9 Å². The summed E-state index contributed by atoms with van der Waals surface area (Å²) >= 11 is 0.128. The van der Waals surface area contributed by atoms with Crippen molar-refractivity contribution in [3.63, 3.8) is 0 Å². The van der Waals surface area contributed by atoms with Crippen molar-refractivity contribution in [3.05, 3.63) is 0 Å². The predicted octanol–water partition coefficient (Wildman–Crippen LogP) is 2.98. The molecule has 0 aromatic rings. The molecule has 0 fully saturated rings. The molecule has 0 aromatic heterocycles. The van der Waals surface area contributed by atoms with Gasteiger partial charge in [-0.1, -0.05) is 0 Å². The zero-order valence-electron chi connectivity index (χ0n) is 15.6. The molecule has 136 valence electrons. The molecule has 0 radical (unpaired) electrons. The van der Waals surface area contributed by atoms with Gasteiger partial charge in [-0.25, -0.2) is 0 Å². The Morgan fingerprint density at radius 3 is 1.30 bits per heavy atom. The summed E-state index contributed by atoms with van der Waals surface area (Å²) < 4.78 is 3.18. The van der Waals surface area contributed by atoms with Gasteiger partial charge in [0.05, 0.1) is 0 Å². The number of carboxylic acid groups (broad SMARTS) is 2. The van der Waals surface area contributed by atoms with Crippen molar-refractivity contribution in [2.24, 2.45) is 0 Å². The van der Waals surface area contributed by atoms with Gasteiger partial charge in [0.25, 0.3) is 0 Å². The van der Waals surface area contributed by atoms with Crippen LogP contribution in [0.2, 0.25) is 8.87 Å². The van der Waals surface area contributed by atoms with Gasteiger partial charge in [-0.2, -0.15) is 0 Å². The second-order valence-corrected chi connectivity index (χ2v) is 10.4. The van der Waals surface area contributed by atoms with Gasteiger partial charge in [-0.05, 0) is 13.8 Å². The van der Waals surface area contributed by atoms with Gasteiger partial charge in [0.1, 0.15) is 0 Å². The zero-order chi connectivity index (χ0) is 18.3. The molecule has 0 bridgehead atoms. The number of unbranched alkanes of at least 4 members (excludes halogenated alkanes) is 9. The van der Waals surface area contributed by atoms with Gasteiger partial charge in [0.15, 0.2) is 0 Å². The molecule has 0 saturated carbocycles. The fourth-order valence-electron chi connectivity index (χ4n) is 1.91. The van der Waals surface area contributed by atoms with Crippen LogP contribution in [-0.2, 0) is 9.59 Å². The Labute approximate surface area is 153 Å². The molecule has 0 aliphatic rings. The van der Waals surface area contributed by atoms with Crippen molar-refractivity contribution in [2.45, 2.75) is 101 Å². The Morgan fingerprint density at radius 2 is 1.00 bits per heavy atom. The molecule has 0 aliphatic carbocycles. The van der Waals surface area contributed by atoms with E-state index in [-0.39, 0.29) is 21.1 Å². The summed E-state index contributed by atoms with van der Waals surface area (Å²) in [6.07, 6.45) is 14.9. The molecule has 0 aromatic carbocycles. The minimum atomic E-state index is -1.08. The molecule has 5 heteroatoms. The maximum absolute atomic E-state index is 8.89. The number of hydrogen-bond donors (Lipinski definition) is 0. The van der Waals surface area contributed by atoms with Crippen LogP contribution < -0.4 is 10.2 Å². The van der Waals surface area contributed by atoms with Gasteiger partial charge < -0.3 is 19.8 Å². The molecule has 0 heterocycles. The van der Waals surface area contributed by atoms with E-state index in [1.807, 2.05) is 0 Å². The van der Waals surface area contributed by atoms with Crippen LogP contribution in [0.4, 0.5) is 0 Å². The Balaban J connectivity index is -0.000000413. The second-order valence-electron chi connectivity index (χ2n) is 5.52. The van der Waals surface area contributed by atoms with Crippen LogP contribution in [0.5, 0.6) is 0 Å². The third-order valence-electron chi connectivity index (χ3n) is 2.96. The fraction of sp³-hybridized carbons (Fsp3) is 0.889. The Kier molecular flexibility index (Phi) is 31.9. The second kappa shape index (κ2) is 26.6. The summed E-state index contributed by atoms with van der Waals surface area (Å²) in [4.78, 5) is 17.8. The Morgan fingerprint density at radius 1 is 0.696 bits per heavy atom. The van der Waals surface area contributed by atoms with Crippen molar-refractivity contribution in [1.29, 1.82) is 0 Å². The quantitative estimate of drug-likeness (QED) is 0.349. The third kappa shape index (κ3) is 61.5. The van der Waals surface area contributed by atoms with Crippen LogP contribution in [0.15, 0.2) is 0 Å². The first-order chi connectivity index (χ1) is 10.9. The molecular formula is C18H36O4Sn. The summed E-state index contributed by atoms with van der Waals surface area (Å²) in [5.41, 5.74) is 0. The number of aliphatic carboxylic acids is 2. The first kappa shape index (κ1) is 27.6. The molecule has 0 aliphatic heterocycles. The Bertz CT molecular complexity index is 213. The van der Waals surface area contributed by atoms with Crippen LogP contribution in [-0.4, -0.2) is 33.1 Å².